The molecule has 0 atom stereocenters. The first kappa shape index (κ1) is 24.4. The number of carbonyl (C=O) groups excluding carboxylic acids is 1. The lowest BCUT2D eigenvalue weighted by Crippen LogP contribution is -2.47. The van der Waals surface area contributed by atoms with E-state index in [2.05, 4.69) is 21.9 Å². The van der Waals surface area contributed by atoms with Crippen molar-refractivity contribution in [2.24, 2.45) is 0 Å². The smallest absolute Gasteiger partial charge is 0.267 e. The number of thioether (sulfide) groups is 1. The number of thiocarbonyl (C=S) groups is 1. The Morgan fingerprint density at radius 3 is 2.50 bits per heavy atom. The van der Waals surface area contributed by atoms with Gasteiger partial charge in [0.15, 0.2) is 0 Å². The zero-order valence-corrected chi connectivity index (χ0v) is 22.4. The first-order valence-corrected chi connectivity index (χ1v) is 13.6. The quantitative estimate of drug-likeness (QED) is 0.272. The summed E-state index contributed by atoms with van der Waals surface area (Å²) in [5.74, 6) is 0.987. The minimum atomic E-state index is -0.245. The maximum absolute atomic E-state index is 13.8. The zero-order valence-electron chi connectivity index (χ0n) is 20.7. The topological polar surface area (TPSA) is 74.3 Å². The summed E-state index contributed by atoms with van der Waals surface area (Å²) in [5, 5.41) is 0. The van der Waals surface area contributed by atoms with E-state index in [1.165, 1.54) is 22.3 Å². The molecule has 0 unspecified atom stereocenters. The van der Waals surface area contributed by atoms with Gasteiger partial charge in [-0.1, -0.05) is 48.2 Å². The maximum Gasteiger partial charge on any atom is 0.267 e. The van der Waals surface area contributed by atoms with Crippen LogP contribution in [0.4, 0.5) is 11.5 Å². The first-order valence-electron chi connectivity index (χ1n) is 12.3. The van der Waals surface area contributed by atoms with E-state index >= 15 is 0 Å². The number of anilines is 2. The predicted octanol–water partition coefficient (Wildman–Crippen LogP) is 4.32. The van der Waals surface area contributed by atoms with Gasteiger partial charge in [-0.25, -0.2) is 4.98 Å². The molecule has 0 saturated carbocycles. The van der Waals surface area contributed by atoms with E-state index < -0.39 is 0 Å². The van der Waals surface area contributed by atoms with Crippen molar-refractivity contribution in [3.63, 3.8) is 0 Å². The molecule has 1 aromatic carbocycles. The highest BCUT2D eigenvalue weighted by atomic mass is 32.2. The normalized spacial score (nSPS) is 17.3. The molecule has 6 rings (SSSR count). The average Bonchev–Trinajstić information content (AvgIpc) is 3.55. The van der Waals surface area contributed by atoms with Gasteiger partial charge in [0.05, 0.1) is 23.3 Å². The number of amides is 1. The standard InChI is InChI=1S/C28H25N5O3S2/c1-19-7-5-11-32-24(19)29-25(31-14-12-30(13-15-31)20-8-3-2-4-9-20)22(26(32)34)17-23-27(35)33(28(37)38-23)18-21-10-6-16-36-21/h2-11,16-17H,12-15,18H2,1H3/b23-17-. The SMILES string of the molecule is Cc1cccn2c(=O)c(/C=C3\SC(=S)N(Cc4ccco4)C3=O)c(N3CCN(c4ccccc4)CC3)nc12. The average molecular weight is 544 g/mol. The van der Waals surface area contributed by atoms with Crippen LogP contribution in [0.15, 0.2) is 81.2 Å². The van der Waals surface area contributed by atoms with Crippen LogP contribution < -0.4 is 15.4 Å². The van der Waals surface area contributed by atoms with Crippen LogP contribution in [0.25, 0.3) is 11.7 Å². The van der Waals surface area contributed by atoms with Crippen LogP contribution in [-0.2, 0) is 11.3 Å². The van der Waals surface area contributed by atoms with Gasteiger partial charge in [0.25, 0.3) is 11.5 Å². The molecule has 2 saturated heterocycles. The summed E-state index contributed by atoms with van der Waals surface area (Å²) >= 11 is 6.69. The molecule has 38 heavy (non-hydrogen) atoms. The molecule has 10 heteroatoms. The predicted molar refractivity (Wildman–Crippen MR) is 154 cm³/mol. The molecular formula is C28H25N5O3S2. The molecule has 2 aliphatic rings. The van der Waals surface area contributed by atoms with Gasteiger partial charge in [-0.3, -0.25) is 18.9 Å². The number of furan rings is 1. The van der Waals surface area contributed by atoms with Crippen molar-refractivity contribution in [1.29, 1.82) is 0 Å². The van der Waals surface area contributed by atoms with Crippen molar-refractivity contribution in [2.45, 2.75) is 13.5 Å². The number of fused-ring (bicyclic) bond motifs is 1. The second-order valence-electron chi connectivity index (χ2n) is 9.20. The number of nitrogens with zero attached hydrogens (tertiary/aromatic N) is 5. The molecule has 192 valence electrons. The third-order valence-electron chi connectivity index (χ3n) is 6.81. The molecule has 0 N–H and O–H groups in total. The summed E-state index contributed by atoms with van der Waals surface area (Å²) in [7, 11) is 0. The molecule has 3 aromatic heterocycles. The number of carbonyl (C=O) groups is 1. The fourth-order valence-electron chi connectivity index (χ4n) is 4.81. The van der Waals surface area contributed by atoms with Gasteiger partial charge >= 0.3 is 0 Å². The van der Waals surface area contributed by atoms with Gasteiger partial charge in [-0.15, -0.1) is 0 Å². The monoisotopic (exact) mass is 543 g/mol. The Hall–Kier alpha value is -3.89. The number of hydrogen-bond donors (Lipinski definition) is 0. The lowest BCUT2D eigenvalue weighted by Gasteiger charge is -2.37. The summed E-state index contributed by atoms with van der Waals surface area (Å²) in [6.45, 7) is 5.18. The Morgan fingerprint density at radius 2 is 1.76 bits per heavy atom. The van der Waals surface area contributed by atoms with Gasteiger partial charge in [-0.2, -0.15) is 0 Å². The van der Waals surface area contributed by atoms with Gasteiger partial charge in [0.1, 0.15) is 21.5 Å². The third-order valence-corrected chi connectivity index (χ3v) is 8.19. The van der Waals surface area contributed by atoms with E-state index in [0.717, 1.165) is 18.7 Å². The number of pyridine rings is 1. The third kappa shape index (κ3) is 4.50. The molecule has 0 radical (unpaired) electrons. The Bertz CT molecular complexity index is 1610. The summed E-state index contributed by atoms with van der Waals surface area (Å²) in [6, 6.07) is 17.7. The molecule has 2 fully saturated rings. The van der Waals surface area contributed by atoms with Crippen LogP contribution in [0.2, 0.25) is 0 Å². The highest BCUT2D eigenvalue weighted by Gasteiger charge is 2.34. The molecule has 0 bridgehead atoms. The number of rotatable bonds is 5. The Morgan fingerprint density at radius 1 is 1.00 bits per heavy atom. The van der Waals surface area contributed by atoms with Crippen LogP contribution in [-0.4, -0.2) is 50.7 Å². The summed E-state index contributed by atoms with van der Waals surface area (Å²) in [4.78, 5) is 38.5. The van der Waals surface area contributed by atoms with Gasteiger partial charge in [0.2, 0.25) is 0 Å². The van der Waals surface area contributed by atoms with Crippen molar-refractivity contribution in [3.8, 4) is 0 Å². The van der Waals surface area contributed by atoms with Crippen molar-refractivity contribution in [3.05, 3.63) is 99.2 Å². The summed E-state index contributed by atoms with van der Waals surface area (Å²) in [6.07, 6.45) is 4.94. The molecule has 2 aliphatic heterocycles. The number of piperazine rings is 1. The van der Waals surface area contributed by atoms with E-state index in [9.17, 15) is 9.59 Å². The van der Waals surface area contributed by atoms with Crippen molar-refractivity contribution >= 4 is 57.4 Å². The molecule has 8 nitrogen and oxygen atoms in total. The molecule has 0 aliphatic carbocycles. The minimum Gasteiger partial charge on any atom is -0.467 e. The van der Waals surface area contributed by atoms with Crippen LogP contribution >= 0.6 is 24.0 Å². The second kappa shape index (κ2) is 10.1. The van der Waals surface area contributed by atoms with Gasteiger partial charge < -0.3 is 14.2 Å². The lowest BCUT2D eigenvalue weighted by molar-refractivity contribution is -0.122. The highest BCUT2D eigenvalue weighted by Crippen LogP contribution is 2.35. The Kier molecular flexibility index (Phi) is 6.50. The number of hydrogen-bond acceptors (Lipinski definition) is 8. The van der Waals surface area contributed by atoms with Crippen LogP contribution in [0, 0.1) is 6.92 Å². The Balaban J connectivity index is 1.37. The fourth-order valence-corrected chi connectivity index (χ4v) is 6.05. The fraction of sp³-hybridized carbons (Fsp3) is 0.214. The van der Waals surface area contributed by atoms with Gasteiger partial charge in [0, 0.05) is 38.1 Å². The van der Waals surface area contributed by atoms with Crippen LogP contribution in [0.5, 0.6) is 0 Å². The molecular weight excluding hydrogens is 518 g/mol. The van der Waals surface area contributed by atoms with Crippen LogP contribution in [0.3, 0.4) is 0 Å². The van der Waals surface area contributed by atoms with E-state index in [4.69, 9.17) is 21.6 Å². The number of para-hydroxylation sites is 1. The maximum atomic E-state index is 13.8. The Labute approximate surface area is 229 Å². The summed E-state index contributed by atoms with van der Waals surface area (Å²) in [5.41, 5.74) is 2.87. The number of aromatic nitrogens is 2. The highest BCUT2D eigenvalue weighted by molar-refractivity contribution is 8.26. The van der Waals surface area contributed by atoms with E-state index in [-0.39, 0.29) is 18.0 Å². The lowest BCUT2D eigenvalue weighted by atomic mass is 10.2. The van der Waals surface area contributed by atoms with Crippen LogP contribution in [0.1, 0.15) is 16.9 Å². The molecule has 5 heterocycles. The zero-order chi connectivity index (χ0) is 26.2. The van der Waals surface area contributed by atoms with E-state index in [1.54, 1.807) is 35.1 Å². The minimum absolute atomic E-state index is 0.213. The van der Waals surface area contributed by atoms with Crippen molar-refractivity contribution in [2.75, 3.05) is 36.0 Å². The van der Waals surface area contributed by atoms with Gasteiger partial charge in [-0.05, 0) is 48.9 Å². The van der Waals surface area contributed by atoms with E-state index in [0.29, 0.717) is 45.1 Å². The first-order chi connectivity index (χ1) is 18.5. The van der Waals surface area contributed by atoms with E-state index in [1.807, 2.05) is 37.3 Å². The largest absolute Gasteiger partial charge is 0.467 e. The summed E-state index contributed by atoms with van der Waals surface area (Å²) < 4.78 is 7.39. The molecule has 4 aromatic rings. The molecule has 0 spiro atoms. The number of benzene rings is 1. The second-order valence-corrected chi connectivity index (χ2v) is 10.9. The molecule has 1 amide bonds. The number of aryl methyl sites for hydroxylation is 1. The van der Waals surface area contributed by atoms with Crippen molar-refractivity contribution < 1.29 is 9.21 Å². The van der Waals surface area contributed by atoms with Crippen molar-refractivity contribution in [1.82, 2.24) is 14.3 Å².